The second-order valence-electron chi connectivity index (χ2n) is 3.14. The molecule has 0 aromatic heterocycles. The molecule has 0 radical (unpaired) electrons. The normalized spacial score (nSPS) is 9.71. The van der Waals surface area contributed by atoms with Gasteiger partial charge in [0, 0.05) is 13.2 Å². The lowest BCUT2D eigenvalue weighted by molar-refractivity contribution is -0.129. The number of esters is 1. The van der Waals surface area contributed by atoms with Gasteiger partial charge in [-0.25, -0.2) is 4.79 Å². The smallest absolute Gasteiger partial charge is 0.335 e. The van der Waals surface area contributed by atoms with Crippen LogP contribution in [-0.4, -0.2) is 26.3 Å². The van der Waals surface area contributed by atoms with E-state index >= 15 is 0 Å². The molecule has 0 aliphatic rings. The molecule has 1 rings (SSSR count). The zero-order chi connectivity index (χ0) is 12.7. The Balaban J connectivity index is 2.83. The van der Waals surface area contributed by atoms with E-state index in [4.69, 9.17) is 19.9 Å². The van der Waals surface area contributed by atoms with Crippen LogP contribution in [0.1, 0.15) is 0 Å². The van der Waals surface area contributed by atoms with Crippen molar-refractivity contribution in [2.24, 2.45) is 0 Å². The van der Waals surface area contributed by atoms with Crippen LogP contribution in [0.5, 0.6) is 11.5 Å². The number of benzene rings is 1. The summed E-state index contributed by atoms with van der Waals surface area (Å²) in [6, 6.07) is 5.00. The highest BCUT2D eigenvalue weighted by atomic mass is 16.6. The Morgan fingerprint density at radius 1 is 1.47 bits per heavy atom. The van der Waals surface area contributed by atoms with Gasteiger partial charge in [-0.2, -0.15) is 0 Å². The lowest BCUT2D eigenvalue weighted by Gasteiger charge is -2.12. The summed E-state index contributed by atoms with van der Waals surface area (Å²) in [6.45, 7) is 4.10. The standard InChI is InChI=1S/C12H15NO4/c1-3-11(14)17-12-9(13)5-4-6-10(12)16-8-7-15-2/h3-6H,1,7-8,13H2,2H3. The fraction of sp³-hybridized carbons (Fsp3) is 0.250. The van der Waals surface area contributed by atoms with Crippen LogP contribution in [0.4, 0.5) is 5.69 Å². The Kier molecular flexibility index (Phi) is 5.03. The van der Waals surface area contributed by atoms with Crippen molar-refractivity contribution in [2.75, 3.05) is 26.1 Å². The van der Waals surface area contributed by atoms with Gasteiger partial charge in [0.05, 0.1) is 12.3 Å². The first-order chi connectivity index (χ1) is 8.19. The summed E-state index contributed by atoms with van der Waals surface area (Å²) < 4.78 is 15.3. The van der Waals surface area contributed by atoms with Crippen molar-refractivity contribution in [3.8, 4) is 11.5 Å². The van der Waals surface area contributed by atoms with E-state index in [0.29, 0.717) is 24.7 Å². The Labute approximate surface area is 99.8 Å². The fourth-order valence-corrected chi connectivity index (χ4v) is 1.13. The molecule has 0 aliphatic carbocycles. The molecule has 1 aromatic carbocycles. The van der Waals surface area contributed by atoms with Crippen LogP contribution in [0.3, 0.4) is 0 Å². The van der Waals surface area contributed by atoms with E-state index in [0.717, 1.165) is 6.08 Å². The predicted molar refractivity (Wildman–Crippen MR) is 64.1 cm³/mol. The zero-order valence-electron chi connectivity index (χ0n) is 9.64. The van der Waals surface area contributed by atoms with Crippen LogP contribution in [-0.2, 0) is 9.53 Å². The van der Waals surface area contributed by atoms with E-state index < -0.39 is 5.97 Å². The molecule has 5 heteroatoms. The maximum atomic E-state index is 11.1. The number of nitrogens with two attached hydrogens (primary N) is 1. The molecule has 1 aromatic rings. The molecule has 0 unspecified atom stereocenters. The van der Waals surface area contributed by atoms with Crippen molar-refractivity contribution in [1.82, 2.24) is 0 Å². The van der Waals surface area contributed by atoms with Crippen LogP contribution in [0.15, 0.2) is 30.9 Å². The SMILES string of the molecule is C=CC(=O)Oc1c(N)cccc1OCCOC. The highest BCUT2D eigenvalue weighted by Gasteiger charge is 2.11. The fourth-order valence-electron chi connectivity index (χ4n) is 1.13. The van der Waals surface area contributed by atoms with E-state index in [1.165, 1.54) is 0 Å². The van der Waals surface area contributed by atoms with Crippen LogP contribution in [0.25, 0.3) is 0 Å². The molecular weight excluding hydrogens is 222 g/mol. The van der Waals surface area contributed by atoms with Crippen LogP contribution < -0.4 is 15.2 Å². The van der Waals surface area contributed by atoms with Gasteiger partial charge in [-0.05, 0) is 12.1 Å². The van der Waals surface area contributed by atoms with E-state index in [1.807, 2.05) is 0 Å². The predicted octanol–water partition coefficient (Wildman–Crippen LogP) is 1.39. The highest BCUT2D eigenvalue weighted by Crippen LogP contribution is 2.33. The van der Waals surface area contributed by atoms with Crippen molar-refractivity contribution in [2.45, 2.75) is 0 Å². The average Bonchev–Trinajstić information content (AvgIpc) is 2.33. The third-order valence-electron chi connectivity index (χ3n) is 1.92. The lowest BCUT2D eigenvalue weighted by atomic mass is 10.3. The lowest BCUT2D eigenvalue weighted by Crippen LogP contribution is -2.09. The number of methoxy groups -OCH3 is 1. The minimum absolute atomic E-state index is 0.202. The van der Waals surface area contributed by atoms with Crippen molar-refractivity contribution < 1.29 is 19.0 Å². The number of para-hydroxylation sites is 1. The molecule has 0 fully saturated rings. The summed E-state index contributed by atoms with van der Waals surface area (Å²) in [4.78, 5) is 11.1. The van der Waals surface area contributed by atoms with E-state index in [-0.39, 0.29) is 5.75 Å². The summed E-state index contributed by atoms with van der Waals surface area (Å²) >= 11 is 0. The molecule has 0 heterocycles. The van der Waals surface area contributed by atoms with Gasteiger partial charge in [-0.1, -0.05) is 12.6 Å². The monoisotopic (exact) mass is 237 g/mol. The topological polar surface area (TPSA) is 70.8 Å². The number of carbonyl (C=O) groups is 1. The first kappa shape index (κ1) is 13.1. The number of nitrogen functional groups attached to an aromatic ring is 1. The minimum atomic E-state index is -0.584. The van der Waals surface area contributed by atoms with E-state index in [9.17, 15) is 4.79 Å². The molecule has 0 aliphatic heterocycles. The van der Waals surface area contributed by atoms with E-state index in [2.05, 4.69) is 6.58 Å². The zero-order valence-corrected chi connectivity index (χ0v) is 9.64. The number of hydrogen-bond acceptors (Lipinski definition) is 5. The molecule has 0 amide bonds. The van der Waals surface area contributed by atoms with Gasteiger partial charge >= 0.3 is 5.97 Å². The molecule has 5 nitrogen and oxygen atoms in total. The third-order valence-corrected chi connectivity index (χ3v) is 1.92. The number of anilines is 1. The van der Waals surface area contributed by atoms with Gasteiger partial charge in [0.25, 0.3) is 0 Å². The summed E-state index contributed by atoms with van der Waals surface area (Å²) in [5.74, 6) is 0.0187. The molecule has 0 atom stereocenters. The minimum Gasteiger partial charge on any atom is -0.487 e. The molecule has 0 spiro atoms. The second kappa shape index (κ2) is 6.55. The van der Waals surface area contributed by atoms with Crippen LogP contribution in [0.2, 0.25) is 0 Å². The van der Waals surface area contributed by atoms with Gasteiger partial charge in [-0.3, -0.25) is 0 Å². The maximum Gasteiger partial charge on any atom is 0.335 e. The molecule has 0 saturated heterocycles. The Morgan fingerprint density at radius 3 is 2.88 bits per heavy atom. The Hall–Kier alpha value is -2.01. The molecule has 0 bridgehead atoms. The molecule has 0 saturated carbocycles. The van der Waals surface area contributed by atoms with Gasteiger partial charge in [0.1, 0.15) is 6.61 Å². The summed E-state index contributed by atoms with van der Waals surface area (Å²) in [5, 5.41) is 0. The Morgan fingerprint density at radius 2 is 2.24 bits per heavy atom. The molecule has 92 valence electrons. The van der Waals surface area contributed by atoms with Crippen LogP contribution >= 0.6 is 0 Å². The van der Waals surface area contributed by atoms with Gasteiger partial charge in [-0.15, -0.1) is 0 Å². The van der Waals surface area contributed by atoms with Crippen molar-refractivity contribution in [3.05, 3.63) is 30.9 Å². The van der Waals surface area contributed by atoms with Gasteiger partial charge in [0.15, 0.2) is 11.5 Å². The number of ether oxygens (including phenoxy) is 3. The highest BCUT2D eigenvalue weighted by molar-refractivity contribution is 5.85. The summed E-state index contributed by atoms with van der Waals surface area (Å²) in [7, 11) is 1.57. The Bertz CT molecular complexity index is 403. The van der Waals surface area contributed by atoms with Crippen LogP contribution in [0, 0.1) is 0 Å². The summed E-state index contributed by atoms with van der Waals surface area (Å²) in [6.07, 6.45) is 1.06. The quantitative estimate of drug-likeness (QED) is 0.266. The van der Waals surface area contributed by atoms with E-state index in [1.54, 1.807) is 25.3 Å². The number of carbonyl (C=O) groups excluding carboxylic acids is 1. The van der Waals surface area contributed by atoms with Crippen molar-refractivity contribution in [3.63, 3.8) is 0 Å². The largest absolute Gasteiger partial charge is 0.487 e. The first-order valence-electron chi connectivity index (χ1n) is 5.03. The number of rotatable bonds is 6. The maximum absolute atomic E-state index is 11.1. The average molecular weight is 237 g/mol. The first-order valence-corrected chi connectivity index (χ1v) is 5.03. The second-order valence-corrected chi connectivity index (χ2v) is 3.14. The van der Waals surface area contributed by atoms with Crippen molar-refractivity contribution >= 4 is 11.7 Å². The van der Waals surface area contributed by atoms with Crippen molar-refractivity contribution in [1.29, 1.82) is 0 Å². The van der Waals surface area contributed by atoms with Gasteiger partial charge < -0.3 is 19.9 Å². The molecule has 17 heavy (non-hydrogen) atoms. The number of hydrogen-bond donors (Lipinski definition) is 1. The molecular formula is C12H15NO4. The molecule has 2 N–H and O–H groups in total. The summed E-state index contributed by atoms with van der Waals surface area (Å²) in [5.41, 5.74) is 6.03. The van der Waals surface area contributed by atoms with Gasteiger partial charge in [0.2, 0.25) is 0 Å². The third kappa shape index (κ3) is 3.81.